The minimum Gasteiger partial charge on any atom is -0.455 e. The van der Waals surface area contributed by atoms with Gasteiger partial charge in [0.25, 0.3) is 0 Å². The molecule has 20 atom stereocenters. The number of benzene rings is 2. The first-order valence-corrected chi connectivity index (χ1v) is 52.9. The predicted octanol–water partition coefficient (Wildman–Crippen LogP) is 19.6. The van der Waals surface area contributed by atoms with E-state index in [-0.39, 0.29) is 56.8 Å². The number of fused-ring (bicyclic) bond motifs is 2. The molecule has 0 bridgehead atoms. The van der Waals surface area contributed by atoms with Gasteiger partial charge in [0.15, 0.2) is 43.1 Å². The number of aliphatic hydroxyl groups excluding tert-OH is 1. The van der Waals surface area contributed by atoms with Gasteiger partial charge >= 0.3 is 5.97 Å². The molecule has 5 heterocycles. The van der Waals surface area contributed by atoms with Gasteiger partial charge < -0.3 is 51.2 Å². The third kappa shape index (κ3) is 20.9. The molecule has 5 aliphatic heterocycles. The maximum absolute atomic E-state index is 15.8. The number of aliphatic hydroxyl groups is 1. The normalized spacial score (nSPS) is 30.1. The quantitative estimate of drug-likeness (QED) is 0.0231. The Bertz CT molecular complexity index is 3030. The van der Waals surface area contributed by atoms with Crippen molar-refractivity contribution >= 4 is 71.7 Å². The summed E-state index contributed by atoms with van der Waals surface area (Å²) in [6.07, 6.45) is 5.10. The SMILES string of the molecule is C=C(C)[C@H](C)C[C@H]1CC[C@@H]2OC(CCC(/C=C/[C@H](O[Si](C)(C)C(C)(C)C)[C@@H]3O[C@H]4CC[C@H](CC(O)C(C5[C@H](CCO[Si](CC)(CC)CC)O[C@H](C[C@H](C)CC)[C@@H]5C)S(=O)(=O)c5ccccc5)O[C@@H]4[C@H](O[Si](C)(C)C(C)(C)C)[C@@H]3O[Si](C)(C)C(C)(C)C)OC(=O)c3ccccc3)C[C@]2(CI)O1. The molecule has 14 nitrogen and oxygen atoms in total. The summed E-state index contributed by atoms with van der Waals surface area (Å²) in [5.41, 5.74) is 1.25. The molecule has 0 radical (unpaired) electrons. The fourth-order valence-corrected chi connectivity index (χ4v) is 24.8. The predicted molar refractivity (Wildman–Crippen MR) is 426 cm³/mol. The van der Waals surface area contributed by atoms with E-state index in [1.54, 1.807) is 36.4 Å². The van der Waals surface area contributed by atoms with Gasteiger partial charge in [-0.05, 0) is 185 Å². The summed E-state index contributed by atoms with van der Waals surface area (Å²) < 4.78 is 106. The molecule has 2 aromatic carbocycles. The Morgan fingerprint density at radius 2 is 1.30 bits per heavy atom. The molecular weight excluding hydrogens is 1460 g/mol. The maximum Gasteiger partial charge on any atom is 0.338 e. The number of esters is 1. The van der Waals surface area contributed by atoms with Crippen molar-refractivity contribution in [2.75, 3.05) is 11.0 Å². The van der Waals surface area contributed by atoms with Crippen LogP contribution in [-0.2, 0) is 56.0 Å². The Labute approximate surface area is 625 Å². The van der Waals surface area contributed by atoms with Gasteiger partial charge in [-0.25, -0.2) is 13.2 Å². The highest BCUT2D eigenvalue weighted by Gasteiger charge is 2.60. The Morgan fingerprint density at radius 1 is 0.720 bits per heavy atom. The monoisotopic (exact) mass is 1590 g/mol. The first kappa shape index (κ1) is 85.8. The molecule has 7 rings (SSSR count). The molecule has 5 aliphatic rings. The second-order valence-corrected chi connectivity index (χ2v) is 57.5. The van der Waals surface area contributed by atoms with E-state index in [2.05, 4.69) is 192 Å². The summed E-state index contributed by atoms with van der Waals surface area (Å²) in [5.74, 6) is -0.392. The van der Waals surface area contributed by atoms with Crippen molar-refractivity contribution in [2.45, 2.75) is 368 Å². The first-order valence-electron chi connectivity index (χ1n) is 38.6. The molecule has 5 unspecified atom stereocenters. The molecule has 1 N–H and O–H groups in total. The molecular formula is C80H137IO14SSi4. The van der Waals surface area contributed by atoms with E-state index in [9.17, 15) is 9.90 Å². The maximum atomic E-state index is 15.8. The Balaban J connectivity index is 1.30. The number of sulfone groups is 1. The van der Waals surface area contributed by atoms with Crippen molar-refractivity contribution in [1.29, 1.82) is 0 Å². The molecule has 0 aliphatic carbocycles. The van der Waals surface area contributed by atoms with Gasteiger partial charge in [0.2, 0.25) is 0 Å². The lowest BCUT2D eigenvalue weighted by Crippen LogP contribution is -2.69. The Morgan fingerprint density at radius 3 is 1.86 bits per heavy atom. The fraction of sp³-hybridized carbons (Fsp3) is 0.787. The van der Waals surface area contributed by atoms with E-state index in [1.165, 1.54) is 5.57 Å². The number of hydrogen-bond donors (Lipinski definition) is 1. The van der Waals surface area contributed by atoms with Crippen LogP contribution in [0.15, 0.2) is 89.9 Å². The molecule has 2 aromatic rings. The van der Waals surface area contributed by atoms with Crippen molar-refractivity contribution in [1.82, 2.24) is 0 Å². The Hall–Kier alpha value is -1.46. The number of carbonyl (C=O) groups excluding carboxylic acids is 1. The molecule has 0 saturated carbocycles. The van der Waals surface area contributed by atoms with Gasteiger partial charge in [-0.2, -0.15) is 0 Å². The summed E-state index contributed by atoms with van der Waals surface area (Å²) in [6, 6.07) is 20.9. The first-order chi connectivity index (χ1) is 46.5. The van der Waals surface area contributed by atoms with Crippen molar-refractivity contribution in [3.05, 3.63) is 90.5 Å². The van der Waals surface area contributed by atoms with E-state index in [0.29, 0.717) is 56.1 Å². The van der Waals surface area contributed by atoms with Gasteiger partial charge in [0, 0.05) is 29.8 Å². The molecule has 570 valence electrons. The fourth-order valence-electron chi connectivity index (χ4n) is 15.1. The Kier molecular flexibility index (Phi) is 30.3. The average molecular weight is 1590 g/mol. The molecule has 5 saturated heterocycles. The minimum atomic E-state index is -4.18. The van der Waals surface area contributed by atoms with Crippen LogP contribution in [0, 0.1) is 23.7 Å². The summed E-state index contributed by atoms with van der Waals surface area (Å²) >= 11 is 2.49. The third-order valence-corrected chi connectivity index (χ3v) is 47.1. The topological polar surface area (TPSA) is 164 Å². The van der Waals surface area contributed by atoms with Crippen molar-refractivity contribution in [3.63, 3.8) is 0 Å². The lowest BCUT2D eigenvalue weighted by Gasteiger charge is -2.56. The van der Waals surface area contributed by atoms with Crippen LogP contribution in [0.5, 0.6) is 0 Å². The van der Waals surface area contributed by atoms with Crippen LogP contribution >= 0.6 is 22.6 Å². The number of hydrogen-bond acceptors (Lipinski definition) is 14. The van der Waals surface area contributed by atoms with Crippen LogP contribution in [-0.4, -0.2) is 160 Å². The van der Waals surface area contributed by atoms with Crippen molar-refractivity contribution < 1.29 is 64.4 Å². The molecule has 0 spiro atoms. The lowest BCUT2D eigenvalue weighted by molar-refractivity contribution is -0.268. The van der Waals surface area contributed by atoms with Crippen molar-refractivity contribution in [3.8, 4) is 0 Å². The van der Waals surface area contributed by atoms with Crippen molar-refractivity contribution in [2.24, 2.45) is 23.7 Å². The molecule has 20 heteroatoms. The zero-order chi connectivity index (χ0) is 74.4. The molecule has 5 fully saturated rings. The minimum absolute atomic E-state index is 0.0158. The second-order valence-electron chi connectivity index (χ2n) is 35.6. The van der Waals surface area contributed by atoms with E-state index >= 15 is 8.42 Å². The van der Waals surface area contributed by atoms with Crippen LogP contribution < -0.4 is 0 Å². The van der Waals surface area contributed by atoms with E-state index in [0.717, 1.165) is 61.1 Å². The summed E-state index contributed by atoms with van der Waals surface area (Å²) in [5, 5.41) is 11.4. The van der Waals surface area contributed by atoms with Gasteiger partial charge in [-0.15, -0.1) is 0 Å². The van der Waals surface area contributed by atoms with Gasteiger partial charge in [0.1, 0.15) is 36.1 Å². The highest BCUT2D eigenvalue weighted by molar-refractivity contribution is 14.1. The summed E-state index contributed by atoms with van der Waals surface area (Å²) in [4.78, 5) is 14.6. The number of rotatable bonds is 34. The van der Waals surface area contributed by atoms with Crippen LogP contribution in [0.25, 0.3) is 0 Å². The number of allylic oxidation sites excluding steroid dienone is 1. The highest BCUT2D eigenvalue weighted by Crippen LogP contribution is 2.51. The lowest BCUT2D eigenvalue weighted by atomic mass is 9.79. The van der Waals surface area contributed by atoms with Gasteiger partial charge in [0.05, 0.1) is 70.6 Å². The largest absolute Gasteiger partial charge is 0.455 e. The summed E-state index contributed by atoms with van der Waals surface area (Å²) in [7, 11) is -14.3. The smallest absolute Gasteiger partial charge is 0.338 e. The number of carbonyl (C=O) groups is 1. The second kappa shape index (κ2) is 35.3. The van der Waals surface area contributed by atoms with E-state index in [1.807, 2.05) is 30.3 Å². The molecule has 0 aromatic heterocycles. The third-order valence-electron chi connectivity index (χ3n) is 25.5. The van der Waals surface area contributed by atoms with Crippen LogP contribution in [0.2, 0.25) is 72.5 Å². The van der Waals surface area contributed by atoms with E-state index < -0.39 is 127 Å². The van der Waals surface area contributed by atoms with E-state index in [4.69, 9.17) is 46.1 Å². The number of alkyl halides is 1. The number of ether oxygens (including phenoxy) is 6. The van der Waals surface area contributed by atoms with Crippen LogP contribution in [0.3, 0.4) is 0 Å². The van der Waals surface area contributed by atoms with Crippen LogP contribution in [0.4, 0.5) is 0 Å². The highest BCUT2D eigenvalue weighted by atomic mass is 127. The van der Waals surface area contributed by atoms with Gasteiger partial charge in [-0.1, -0.05) is 194 Å². The zero-order valence-corrected chi connectivity index (χ0v) is 73.1. The summed E-state index contributed by atoms with van der Waals surface area (Å²) in [6.45, 7) is 56.3. The zero-order valence-electron chi connectivity index (χ0n) is 66.2. The standard InChI is InChI=1S/C80H137IO14SSi4/c1-25-55(7)49-68-57(9)70(65(90-68)47-48-86-100(26-2,27-3)28-4)75(96(84,85)63-37-33-30-34-38-63)64(82)51-60-42-44-66-71(88-60)73(94-98(21,22)78(13,14)15)74(95-99(23,24)79(16,17)18)72(91-66)67(93-97(19,20)77(10,11)12)45-41-59(89-76(83)58-35-31-29-32-36-58)39-40-62-52-80(53-81)69(87-62)46-43-61(92-80)50-56(8)54(5)6/h29-38,41,45,55-57,59-62,64-75,82H,5,25-28,39-40,42-44,46-53H2,1-4,6-24H3/b45-41+/t55-,56-,57+,59?,60-,61-,62?,64?,65+,66+,67+,68-,69+,70?,71+,72+,73+,74-,75?,80-/m1/s1. The number of halogens is 1. The molecule has 0 amide bonds. The molecule has 100 heavy (non-hydrogen) atoms. The van der Waals surface area contributed by atoms with Gasteiger partial charge in [-0.3, -0.25) is 0 Å². The van der Waals surface area contributed by atoms with Crippen LogP contribution in [0.1, 0.15) is 205 Å². The average Bonchev–Trinajstić information content (AvgIpc) is 0.998.